The van der Waals surface area contributed by atoms with E-state index >= 15 is 0 Å². The van der Waals surface area contributed by atoms with E-state index in [2.05, 4.69) is 4.72 Å². The molecule has 0 bridgehead atoms. The Morgan fingerprint density at radius 2 is 2.26 bits per heavy atom. The number of benzene rings is 1. The van der Waals surface area contributed by atoms with Crippen LogP contribution in [0.2, 0.25) is 5.02 Å². The van der Waals surface area contributed by atoms with Gasteiger partial charge in [-0.3, -0.25) is 0 Å². The van der Waals surface area contributed by atoms with Crippen LogP contribution in [0.15, 0.2) is 23.1 Å². The Labute approximate surface area is 117 Å². The molecule has 0 saturated carbocycles. The number of nitrogens with one attached hydrogen (secondary N) is 1. The van der Waals surface area contributed by atoms with Crippen molar-refractivity contribution in [2.24, 2.45) is 5.92 Å². The molecule has 1 aliphatic heterocycles. The molecule has 0 amide bonds. The molecule has 1 aromatic rings. The molecule has 0 spiro atoms. The highest BCUT2D eigenvalue weighted by Gasteiger charge is 2.29. The van der Waals surface area contributed by atoms with E-state index in [9.17, 15) is 12.8 Å². The summed E-state index contributed by atoms with van der Waals surface area (Å²) in [7, 11) is -3.97. The fourth-order valence-corrected chi connectivity index (χ4v) is 4.00. The van der Waals surface area contributed by atoms with E-state index in [0.29, 0.717) is 13.2 Å². The van der Waals surface area contributed by atoms with Crippen LogP contribution in [0.3, 0.4) is 0 Å². The summed E-state index contributed by atoms with van der Waals surface area (Å²) < 4.78 is 45.6. The maximum absolute atomic E-state index is 13.6. The molecule has 1 fully saturated rings. The first-order valence-corrected chi connectivity index (χ1v) is 7.82. The topological polar surface area (TPSA) is 55.4 Å². The number of ether oxygens (including phenoxy) is 1. The number of sulfonamides is 1. The lowest BCUT2D eigenvalue weighted by Crippen LogP contribution is -2.38. The third kappa shape index (κ3) is 3.25. The predicted molar refractivity (Wildman–Crippen MR) is 70.1 cm³/mol. The molecule has 2 rings (SSSR count). The average molecular weight is 308 g/mol. The summed E-state index contributed by atoms with van der Waals surface area (Å²) in [6.07, 6.45) is 0.786. The van der Waals surface area contributed by atoms with Crippen LogP contribution >= 0.6 is 11.6 Å². The Bertz CT molecular complexity index is 538. The third-order valence-electron chi connectivity index (χ3n) is 3.20. The largest absolute Gasteiger partial charge is 0.381 e. The van der Waals surface area contributed by atoms with Crippen molar-refractivity contribution in [1.29, 1.82) is 0 Å². The van der Waals surface area contributed by atoms with Crippen LogP contribution in [0.5, 0.6) is 0 Å². The molecule has 0 unspecified atom stereocenters. The van der Waals surface area contributed by atoms with Gasteiger partial charge in [0.15, 0.2) is 0 Å². The first-order valence-electron chi connectivity index (χ1n) is 5.96. The van der Waals surface area contributed by atoms with E-state index in [1.165, 1.54) is 12.1 Å². The number of rotatable bonds is 4. The zero-order chi connectivity index (χ0) is 14.0. The van der Waals surface area contributed by atoms with E-state index in [0.717, 1.165) is 12.5 Å². The molecule has 2 atom stereocenters. The van der Waals surface area contributed by atoms with Crippen molar-refractivity contribution in [2.75, 3.05) is 13.2 Å². The molecule has 0 radical (unpaired) electrons. The minimum atomic E-state index is -3.97. The average Bonchev–Trinajstić information content (AvgIpc) is 2.80. The van der Waals surface area contributed by atoms with Crippen LogP contribution in [-0.2, 0) is 14.8 Å². The Balaban J connectivity index is 2.22. The molecule has 0 aliphatic carbocycles. The van der Waals surface area contributed by atoms with Crippen molar-refractivity contribution in [3.05, 3.63) is 29.0 Å². The Morgan fingerprint density at radius 3 is 2.84 bits per heavy atom. The van der Waals surface area contributed by atoms with E-state index in [-0.39, 0.29) is 17.0 Å². The van der Waals surface area contributed by atoms with Gasteiger partial charge < -0.3 is 4.74 Å². The van der Waals surface area contributed by atoms with Gasteiger partial charge in [0.25, 0.3) is 0 Å². The second-order valence-corrected chi connectivity index (χ2v) is 6.64. The fourth-order valence-electron chi connectivity index (χ4n) is 2.09. The molecule has 1 aromatic carbocycles. The molecular weight excluding hydrogens is 293 g/mol. The summed E-state index contributed by atoms with van der Waals surface area (Å²) in [4.78, 5) is -0.498. The third-order valence-corrected chi connectivity index (χ3v) is 5.26. The molecule has 1 heterocycles. The van der Waals surface area contributed by atoms with Crippen molar-refractivity contribution >= 4 is 21.6 Å². The van der Waals surface area contributed by atoms with Crippen LogP contribution in [0.4, 0.5) is 4.39 Å². The summed E-state index contributed by atoms with van der Waals surface area (Å²) >= 11 is 5.77. The van der Waals surface area contributed by atoms with Crippen LogP contribution in [-0.4, -0.2) is 27.7 Å². The highest BCUT2D eigenvalue weighted by molar-refractivity contribution is 7.89. The molecule has 1 aliphatic rings. The van der Waals surface area contributed by atoms with Crippen molar-refractivity contribution in [3.63, 3.8) is 0 Å². The minimum Gasteiger partial charge on any atom is -0.381 e. The molecule has 0 aromatic heterocycles. The molecular formula is C12H15ClFNO3S. The summed E-state index contributed by atoms with van der Waals surface area (Å²) in [6.45, 7) is 2.87. The monoisotopic (exact) mass is 307 g/mol. The van der Waals surface area contributed by atoms with Crippen molar-refractivity contribution in [1.82, 2.24) is 4.72 Å². The molecule has 4 nitrogen and oxygen atoms in total. The predicted octanol–water partition coefficient (Wildman–Crippen LogP) is 2.18. The maximum Gasteiger partial charge on any atom is 0.245 e. The number of hydrogen-bond acceptors (Lipinski definition) is 3. The van der Waals surface area contributed by atoms with Gasteiger partial charge in [-0.1, -0.05) is 17.7 Å². The maximum atomic E-state index is 13.6. The van der Waals surface area contributed by atoms with Crippen LogP contribution in [0.1, 0.15) is 13.3 Å². The molecule has 1 saturated heterocycles. The summed E-state index contributed by atoms with van der Waals surface area (Å²) in [5.74, 6) is -0.754. The van der Waals surface area contributed by atoms with Gasteiger partial charge in [0.2, 0.25) is 10.0 Å². The normalized spacial score (nSPS) is 21.5. The smallest absolute Gasteiger partial charge is 0.245 e. The second-order valence-electron chi connectivity index (χ2n) is 4.58. The van der Waals surface area contributed by atoms with Crippen LogP contribution in [0.25, 0.3) is 0 Å². The summed E-state index contributed by atoms with van der Waals surface area (Å²) in [6, 6.07) is 3.46. The van der Waals surface area contributed by atoms with Gasteiger partial charge >= 0.3 is 0 Å². The Morgan fingerprint density at radius 1 is 1.53 bits per heavy atom. The number of halogens is 2. The lowest BCUT2D eigenvalue weighted by molar-refractivity contribution is 0.180. The van der Waals surface area contributed by atoms with Gasteiger partial charge in [0.1, 0.15) is 10.7 Å². The van der Waals surface area contributed by atoms with Crippen LogP contribution in [0, 0.1) is 11.7 Å². The highest BCUT2D eigenvalue weighted by atomic mass is 35.5. The first kappa shape index (κ1) is 14.7. The SMILES string of the molecule is C[C@@H](NS(=O)(=O)c1c(F)cccc1Cl)[C@H]1CCOC1. The van der Waals surface area contributed by atoms with Crippen molar-refractivity contribution in [2.45, 2.75) is 24.3 Å². The van der Waals surface area contributed by atoms with E-state index in [1.54, 1.807) is 6.92 Å². The second kappa shape index (κ2) is 5.75. The standard InChI is InChI=1S/C12H15ClFNO3S/c1-8(9-5-6-18-7-9)15-19(16,17)12-10(13)3-2-4-11(12)14/h2-4,8-9,15H,5-7H2,1H3/t8-,9+/m1/s1. The van der Waals surface area contributed by atoms with E-state index in [1.807, 2.05) is 0 Å². The zero-order valence-corrected chi connectivity index (χ0v) is 12.0. The van der Waals surface area contributed by atoms with Gasteiger partial charge in [-0.15, -0.1) is 0 Å². The van der Waals surface area contributed by atoms with Crippen molar-refractivity contribution in [3.8, 4) is 0 Å². The van der Waals surface area contributed by atoms with Gasteiger partial charge in [-0.05, 0) is 25.5 Å². The molecule has 106 valence electrons. The van der Waals surface area contributed by atoms with Gasteiger partial charge in [-0.2, -0.15) is 0 Å². The fraction of sp³-hybridized carbons (Fsp3) is 0.500. The van der Waals surface area contributed by atoms with Crippen molar-refractivity contribution < 1.29 is 17.5 Å². The van der Waals surface area contributed by atoms with Gasteiger partial charge in [0.05, 0.1) is 11.6 Å². The number of hydrogen-bond donors (Lipinski definition) is 1. The van der Waals surface area contributed by atoms with E-state index < -0.39 is 20.7 Å². The van der Waals surface area contributed by atoms with Crippen LogP contribution < -0.4 is 4.72 Å². The Kier molecular flexibility index (Phi) is 4.45. The zero-order valence-electron chi connectivity index (χ0n) is 10.4. The van der Waals surface area contributed by atoms with Gasteiger partial charge in [-0.25, -0.2) is 17.5 Å². The summed E-state index contributed by atoms with van der Waals surface area (Å²) in [5, 5.41) is -0.123. The molecule has 7 heteroatoms. The lowest BCUT2D eigenvalue weighted by atomic mass is 10.0. The quantitative estimate of drug-likeness (QED) is 0.927. The van der Waals surface area contributed by atoms with Gasteiger partial charge in [0, 0.05) is 18.6 Å². The lowest BCUT2D eigenvalue weighted by Gasteiger charge is -2.19. The molecule has 19 heavy (non-hydrogen) atoms. The first-order chi connectivity index (χ1) is 8.92. The summed E-state index contributed by atoms with van der Waals surface area (Å²) in [5.41, 5.74) is 0. The molecule has 1 N–H and O–H groups in total. The minimum absolute atomic E-state index is 0.0975. The Hall–Kier alpha value is -0.690. The van der Waals surface area contributed by atoms with E-state index in [4.69, 9.17) is 16.3 Å². The highest BCUT2D eigenvalue weighted by Crippen LogP contribution is 2.25.